The Kier molecular flexibility index (Phi) is 4.65. The van der Waals surface area contributed by atoms with Crippen LogP contribution >= 0.6 is 0 Å². The van der Waals surface area contributed by atoms with Crippen LogP contribution in [0.3, 0.4) is 0 Å². The van der Waals surface area contributed by atoms with Gasteiger partial charge < -0.3 is 5.11 Å². The minimum Gasteiger partial charge on any atom is -0.395 e. The Balaban J connectivity index is 3.77. The van der Waals surface area contributed by atoms with Gasteiger partial charge in [-0.3, -0.25) is 0 Å². The Morgan fingerprint density at radius 1 is 1.31 bits per heavy atom. The van der Waals surface area contributed by atoms with Crippen molar-refractivity contribution in [2.24, 2.45) is 0 Å². The van der Waals surface area contributed by atoms with Crippen LogP contribution in [0, 0.1) is 0 Å². The number of alkyl halides is 3. The number of sulfonamides is 1. The zero-order valence-electron chi connectivity index (χ0n) is 6.63. The first-order valence-electron chi connectivity index (χ1n) is 3.42. The molecular formula is C5H10F3NO3S. The predicted molar refractivity (Wildman–Crippen MR) is 39.5 cm³/mol. The van der Waals surface area contributed by atoms with Gasteiger partial charge in [0.2, 0.25) is 10.0 Å². The fourth-order valence-corrected chi connectivity index (χ4v) is 1.34. The maximum Gasteiger partial charge on any atom is 0.390 e. The molecule has 0 fully saturated rings. The molecule has 0 spiro atoms. The number of aliphatic hydroxyl groups excluding tert-OH is 1. The van der Waals surface area contributed by atoms with E-state index in [1.807, 2.05) is 0 Å². The largest absolute Gasteiger partial charge is 0.395 e. The van der Waals surface area contributed by atoms with E-state index in [1.165, 1.54) is 0 Å². The van der Waals surface area contributed by atoms with E-state index in [4.69, 9.17) is 5.11 Å². The molecule has 0 saturated carbocycles. The highest BCUT2D eigenvalue weighted by Gasteiger charge is 2.27. The van der Waals surface area contributed by atoms with Crippen LogP contribution in [-0.2, 0) is 10.0 Å². The van der Waals surface area contributed by atoms with Gasteiger partial charge in [0.15, 0.2) is 0 Å². The quantitative estimate of drug-likeness (QED) is 0.678. The number of rotatable bonds is 5. The van der Waals surface area contributed by atoms with Crippen molar-refractivity contribution in [3.63, 3.8) is 0 Å². The van der Waals surface area contributed by atoms with Gasteiger partial charge in [0.25, 0.3) is 0 Å². The summed E-state index contributed by atoms with van der Waals surface area (Å²) in [6.45, 7) is -1.30. The summed E-state index contributed by atoms with van der Waals surface area (Å²) in [4.78, 5) is 0. The second-order valence-electron chi connectivity index (χ2n) is 2.30. The molecule has 0 rings (SSSR count). The van der Waals surface area contributed by atoms with Crippen LogP contribution < -0.4 is 4.72 Å². The van der Waals surface area contributed by atoms with E-state index in [0.717, 1.165) is 0 Å². The van der Waals surface area contributed by atoms with Crippen molar-refractivity contribution in [2.45, 2.75) is 12.6 Å². The number of aliphatic hydroxyl groups is 1. The van der Waals surface area contributed by atoms with Gasteiger partial charge in [-0.1, -0.05) is 0 Å². The van der Waals surface area contributed by atoms with Crippen molar-refractivity contribution in [1.29, 1.82) is 0 Å². The Labute approximate surface area is 73.8 Å². The van der Waals surface area contributed by atoms with E-state index in [2.05, 4.69) is 0 Å². The van der Waals surface area contributed by atoms with E-state index in [9.17, 15) is 21.6 Å². The van der Waals surface area contributed by atoms with Gasteiger partial charge in [0.05, 0.1) is 18.8 Å². The normalized spacial score (nSPS) is 13.2. The third-order valence-corrected chi connectivity index (χ3v) is 2.45. The molecule has 0 amide bonds. The van der Waals surface area contributed by atoms with Gasteiger partial charge in [-0.15, -0.1) is 0 Å². The molecule has 0 heterocycles. The van der Waals surface area contributed by atoms with Crippen molar-refractivity contribution in [2.75, 3.05) is 18.9 Å². The predicted octanol–water partition coefficient (Wildman–Crippen LogP) is -0.150. The van der Waals surface area contributed by atoms with Crippen LogP contribution in [0.25, 0.3) is 0 Å². The fourth-order valence-electron chi connectivity index (χ4n) is 0.541. The third kappa shape index (κ3) is 8.00. The lowest BCUT2D eigenvalue weighted by molar-refractivity contribution is -0.132. The SMILES string of the molecule is O=S(=O)(CCO)NCCC(F)(F)F. The van der Waals surface area contributed by atoms with Crippen molar-refractivity contribution in [1.82, 2.24) is 4.72 Å². The fraction of sp³-hybridized carbons (Fsp3) is 1.00. The minimum atomic E-state index is -4.37. The second-order valence-corrected chi connectivity index (χ2v) is 4.23. The van der Waals surface area contributed by atoms with Crippen molar-refractivity contribution in [3.05, 3.63) is 0 Å². The topological polar surface area (TPSA) is 66.4 Å². The monoisotopic (exact) mass is 221 g/mol. The van der Waals surface area contributed by atoms with Gasteiger partial charge in [0.1, 0.15) is 0 Å². The van der Waals surface area contributed by atoms with E-state index in [0.29, 0.717) is 0 Å². The summed E-state index contributed by atoms with van der Waals surface area (Å²) in [7, 11) is -3.75. The zero-order chi connectivity index (χ0) is 10.5. The first-order valence-corrected chi connectivity index (χ1v) is 5.07. The van der Waals surface area contributed by atoms with Crippen molar-refractivity contribution < 1.29 is 26.7 Å². The van der Waals surface area contributed by atoms with Gasteiger partial charge in [0, 0.05) is 6.54 Å². The molecule has 2 N–H and O–H groups in total. The minimum absolute atomic E-state index is 0.579. The first kappa shape index (κ1) is 12.7. The molecule has 4 nitrogen and oxygen atoms in total. The summed E-state index contributed by atoms with van der Waals surface area (Å²) in [6, 6.07) is 0. The van der Waals surface area contributed by atoms with Crippen LogP contribution in [0.5, 0.6) is 0 Å². The first-order chi connectivity index (χ1) is 5.77. The Hall–Kier alpha value is -0.340. The average Bonchev–Trinajstić information content (AvgIpc) is 1.82. The number of hydrogen-bond donors (Lipinski definition) is 2. The van der Waals surface area contributed by atoms with Gasteiger partial charge in [-0.2, -0.15) is 13.2 Å². The smallest absolute Gasteiger partial charge is 0.390 e. The zero-order valence-corrected chi connectivity index (χ0v) is 7.45. The standard InChI is InChI=1S/C5H10F3NO3S/c6-5(7,8)1-2-9-13(11,12)4-3-10/h9-10H,1-4H2. The lowest BCUT2D eigenvalue weighted by atomic mass is 10.4. The van der Waals surface area contributed by atoms with Crippen LogP contribution in [0.4, 0.5) is 13.2 Å². The highest BCUT2D eigenvalue weighted by Crippen LogP contribution is 2.18. The average molecular weight is 221 g/mol. The molecular weight excluding hydrogens is 211 g/mol. The maximum absolute atomic E-state index is 11.5. The van der Waals surface area contributed by atoms with E-state index in [-0.39, 0.29) is 0 Å². The molecule has 0 bridgehead atoms. The third-order valence-electron chi connectivity index (χ3n) is 1.09. The second kappa shape index (κ2) is 4.77. The molecule has 13 heavy (non-hydrogen) atoms. The Morgan fingerprint density at radius 2 is 1.85 bits per heavy atom. The maximum atomic E-state index is 11.5. The van der Waals surface area contributed by atoms with Crippen LogP contribution in [0.1, 0.15) is 6.42 Å². The highest BCUT2D eigenvalue weighted by atomic mass is 32.2. The molecule has 0 aromatic carbocycles. The summed E-state index contributed by atoms with van der Waals surface area (Å²) in [5.41, 5.74) is 0. The Morgan fingerprint density at radius 3 is 2.23 bits per heavy atom. The summed E-state index contributed by atoms with van der Waals surface area (Å²) in [5, 5.41) is 8.22. The lowest BCUT2D eigenvalue weighted by Gasteiger charge is -2.07. The molecule has 0 aliphatic heterocycles. The molecule has 0 unspecified atom stereocenters. The highest BCUT2D eigenvalue weighted by molar-refractivity contribution is 7.89. The summed E-state index contributed by atoms with van der Waals surface area (Å²) in [5.74, 6) is -0.579. The summed E-state index contributed by atoms with van der Waals surface area (Å²) >= 11 is 0. The van der Waals surface area contributed by atoms with Gasteiger partial charge in [-0.05, 0) is 0 Å². The molecule has 80 valence electrons. The molecule has 8 heteroatoms. The van der Waals surface area contributed by atoms with Crippen molar-refractivity contribution in [3.8, 4) is 0 Å². The van der Waals surface area contributed by atoms with Crippen molar-refractivity contribution >= 4 is 10.0 Å². The van der Waals surface area contributed by atoms with Gasteiger partial charge in [-0.25, -0.2) is 13.1 Å². The van der Waals surface area contributed by atoms with Crippen LogP contribution in [0.2, 0.25) is 0 Å². The molecule has 0 aliphatic rings. The van der Waals surface area contributed by atoms with Crippen LogP contribution in [-0.4, -0.2) is 38.6 Å². The Bertz CT molecular complexity index is 236. The molecule has 0 saturated heterocycles. The van der Waals surface area contributed by atoms with E-state index < -0.39 is 41.5 Å². The number of halogens is 3. The molecule has 0 aromatic rings. The molecule has 0 radical (unpaired) electrons. The van der Waals surface area contributed by atoms with E-state index >= 15 is 0 Å². The summed E-state index contributed by atoms with van der Waals surface area (Å²) in [6.07, 6.45) is -5.58. The summed E-state index contributed by atoms with van der Waals surface area (Å²) < 4.78 is 57.7. The number of nitrogens with one attached hydrogen (secondary N) is 1. The number of hydrogen-bond acceptors (Lipinski definition) is 3. The van der Waals surface area contributed by atoms with Gasteiger partial charge >= 0.3 is 6.18 Å². The van der Waals surface area contributed by atoms with E-state index in [1.54, 1.807) is 4.72 Å². The molecule has 0 atom stereocenters. The lowest BCUT2D eigenvalue weighted by Crippen LogP contribution is -2.31. The van der Waals surface area contributed by atoms with Crippen LogP contribution in [0.15, 0.2) is 0 Å². The molecule has 0 aromatic heterocycles. The molecule has 0 aliphatic carbocycles.